The number of hydrogen-bond acceptors (Lipinski definition) is 5. The number of para-hydroxylation sites is 1. The molecule has 0 aliphatic carbocycles. The first kappa shape index (κ1) is 20.8. The van der Waals surface area contributed by atoms with Crippen molar-refractivity contribution in [1.82, 2.24) is 9.71 Å². The second kappa shape index (κ2) is 7.97. The number of H-pyrrole nitrogens is 1. The minimum absolute atomic E-state index is 0.0289. The summed E-state index contributed by atoms with van der Waals surface area (Å²) in [6.07, 6.45) is 1.91. The van der Waals surface area contributed by atoms with E-state index in [0.29, 0.717) is 0 Å². The van der Waals surface area contributed by atoms with Crippen LogP contribution in [0.3, 0.4) is 0 Å². The van der Waals surface area contributed by atoms with Crippen molar-refractivity contribution in [2.24, 2.45) is 5.14 Å². The van der Waals surface area contributed by atoms with Gasteiger partial charge in [-0.1, -0.05) is 24.3 Å². The molecule has 2 aromatic carbocycles. The van der Waals surface area contributed by atoms with Crippen LogP contribution in [0.4, 0.5) is 0 Å². The number of nitrogens with two attached hydrogens (primary N) is 1. The number of benzene rings is 2. The van der Waals surface area contributed by atoms with Crippen LogP contribution < -0.4 is 9.86 Å². The Morgan fingerprint density at radius 2 is 1.63 bits per heavy atom. The third-order valence-electron chi connectivity index (χ3n) is 4.82. The number of nitrogens with one attached hydrogen (secondary N) is 2. The lowest BCUT2D eigenvalue weighted by Gasteiger charge is -2.16. The summed E-state index contributed by atoms with van der Waals surface area (Å²) < 4.78 is 51.0. The summed E-state index contributed by atoms with van der Waals surface area (Å²) in [5, 5.41) is 8.06. The Hall–Kier alpha value is -2.50. The zero-order valence-corrected chi connectivity index (χ0v) is 18.1. The predicted molar refractivity (Wildman–Crippen MR) is 117 cm³/mol. The molecule has 0 aliphatic rings. The number of aromatic nitrogens is 1. The van der Waals surface area contributed by atoms with Gasteiger partial charge in [-0.05, 0) is 47.3 Å². The fourth-order valence-electron chi connectivity index (χ4n) is 3.32. The molecule has 1 atom stereocenters. The Morgan fingerprint density at radius 1 is 0.933 bits per heavy atom. The molecule has 0 radical (unpaired) electrons. The molecular formula is C20H19N3O4S3. The molecule has 10 heteroatoms. The normalized spacial score (nSPS) is 13.5. The molecule has 4 N–H and O–H groups in total. The van der Waals surface area contributed by atoms with Gasteiger partial charge in [0.1, 0.15) is 0 Å². The maximum Gasteiger partial charge on any atom is 0.240 e. The van der Waals surface area contributed by atoms with Crippen LogP contribution in [0.2, 0.25) is 0 Å². The molecule has 0 saturated carbocycles. The Kier molecular flexibility index (Phi) is 5.51. The summed E-state index contributed by atoms with van der Waals surface area (Å²) in [6, 6.07) is 16.6. The fourth-order valence-corrected chi connectivity index (χ4v) is 5.73. The molecule has 0 aliphatic heterocycles. The third kappa shape index (κ3) is 4.18. The van der Waals surface area contributed by atoms with E-state index in [-0.39, 0.29) is 22.3 Å². The van der Waals surface area contributed by atoms with Gasteiger partial charge < -0.3 is 4.98 Å². The number of fused-ring (bicyclic) bond motifs is 1. The molecule has 1 unspecified atom stereocenters. The lowest BCUT2D eigenvalue weighted by atomic mass is 9.97. The maximum atomic E-state index is 12.8. The first-order valence-corrected chi connectivity index (χ1v) is 12.9. The topological polar surface area (TPSA) is 122 Å². The minimum Gasteiger partial charge on any atom is -0.361 e. The highest BCUT2D eigenvalue weighted by Gasteiger charge is 2.23. The zero-order chi connectivity index (χ0) is 21.4. The number of rotatable bonds is 7. The van der Waals surface area contributed by atoms with Crippen LogP contribution in [0, 0.1) is 0 Å². The summed E-state index contributed by atoms with van der Waals surface area (Å²) >= 11 is 1.56. The Morgan fingerprint density at radius 3 is 2.30 bits per heavy atom. The highest BCUT2D eigenvalue weighted by atomic mass is 32.2. The number of hydrogen-bond donors (Lipinski definition) is 3. The van der Waals surface area contributed by atoms with Crippen LogP contribution in [0.25, 0.3) is 10.9 Å². The second-order valence-electron chi connectivity index (χ2n) is 6.73. The van der Waals surface area contributed by atoms with Crippen molar-refractivity contribution in [2.45, 2.75) is 15.7 Å². The predicted octanol–water partition coefficient (Wildman–Crippen LogP) is 2.99. The van der Waals surface area contributed by atoms with Gasteiger partial charge in [0.25, 0.3) is 0 Å². The Labute approximate surface area is 178 Å². The van der Waals surface area contributed by atoms with E-state index < -0.39 is 20.0 Å². The Bertz CT molecular complexity index is 1370. The van der Waals surface area contributed by atoms with Gasteiger partial charge in [-0.15, -0.1) is 11.3 Å². The summed E-state index contributed by atoms with van der Waals surface area (Å²) in [4.78, 5) is 4.10. The summed E-state index contributed by atoms with van der Waals surface area (Å²) in [5.74, 6) is -0.181. The third-order valence-corrected chi connectivity index (χ3v) is 8.18. The molecule has 2 aromatic heterocycles. The van der Waals surface area contributed by atoms with E-state index in [9.17, 15) is 16.8 Å². The van der Waals surface area contributed by atoms with Crippen LogP contribution >= 0.6 is 11.3 Å². The quantitative estimate of drug-likeness (QED) is 0.392. The molecule has 0 bridgehead atoms. The van der Waals surface area contributed by atoms with Crippen molar-refractivity contribution in [3.8, 4) is 0 Å². The lowest BCUT2D eigenvalue weighted by Crippen LogP contribution is -2.28. The average molecular weight is 462 g/mol. The molecule has 7 nitrogen and oxygen atoms in total. The Balaban J connectivity index is 1.63. The van der Waals surface area contributed by atoms with Crippen LogP contribution in [0.15, 0.2) is 82.0 Å². The van der Waals surface area contributed by atoms with Gasteiger partial charge in [-0.2, -0.15) is 0 Å². The molecular weight excluding hydrogens is 442 g/mol. The van der Waals surface area contributed by atoms with Gasteiger partial charge in [0.2, 0.25) is 20.0 Å². The van der Waals surface area contributed by atoms with E-state index in [0.717, 1.165) is 21.3 Å². The maximum absolute atomic E-state index is 12.8. The monoisotopic (exact) mass is 461 g/mol. The van der Waals surface area contributed by atoms with Crippen molar-refractivity contribution < 1.29 is 16.8 Å². The van der Waals surface area contributed by atoms with Gasteiger partial charge in [-0.3, -0.25) is 0 Å². The van der Waals surface area contributed by atoms with Crippen LogP contribution in [-0.2, 0) is 20.0 Å². The lowest BCUT2D eigenvalue weighted by molar-refractivity contribution is 0.577. The first-order valence-electron chi connectivity index (χ1n) is 8.98. The van der Waals surface area contributed by atoms with Gasteiger partial charge in [0.15, 0.2) is 0 Å². The molecule has 156 valence electrons. The number of sulfonamides is 2. The van der Waals surface area contributed by atoms with Gasteiger partial charge >= 0.3 is 0 Å². The number of primary sulfonamides is 1. The van der Waals surface area contributed by atoms with E-state index in [1.54, 1.807) is 11.3 Å². The largest absolute Gasteiger partial charge is 0.361 e. The minimum atomic E-state index is -3.89. The van der Waals surface area contributed by atoms with Gasteiger partial charge in [0.05, 0.1) is 9.79 Å². The smallest absolute Gasteiger partial charge is 0.240 e. The molecule has 4 aromatic rings. The molecule has 0 spiro atoms. The molecule has 2 heterocycles. The summed E-state index contributed by atoms with van der Waals surface area (Å²) in [5.41, 5.74) is 1.98. The van der Waals surface area contributed by atoms with E-state index in [1.807, 2.05) is 48.0 Å². The summed E-state index contributed by atoms with van der Waals surface area (Å²) in [6.45, 7) is 0.154. The highest BCUT2D eigenvalue weighted by Crippen LogP contribution is 2.33. The standard InChI is InChI=1S/C20H19N3O4S3/c21-29(24,25)14-7-9-15(10-8-14)30(26,27)23-13-18(20-6-3-11-28-20)17-12-22-19-5-2-1-4-16(17)19/h1-12,18,22-23H,13H2,(H2,21,24,25). The van der Waals surface area contributed by atoms with Crippen molar-refractivity contribution in [3.63, 3.8) is 0 Å². The SMILES string of the molecule is NS(=O)(=O)c1ccc(S(=O)(=O)NCC(c2cccs2)c2c[nH]c3ccccc23)cc1. The van der Waals surface area contributed by atoms with Crippen LogP contribution in [0.5, 0.6) is 0 Å². The highest BCUT2D eigenvalue weighted by molar-refractivity contribution is 7.89. The van der Waals surface area contributed by atoms with E-state index in [1.165, 1.54) is 24.3 Å². The number of thiophene rings is 1. The van der Waals surface area contributed by atoms with E-state index in [4.69, 9.17) is 5.14 Å². The van der Waals surface area contributed by atoms with Crippen molar-refractivity contribution in [3.05, 3.63) is 82.7 Å². The van der Waals surface area contributed by atoms with Gasteiger partial charge in [-0.25, -0.2) is 26.7 Å². The second-order valence-corrected chi connectivity index (χ2v) is 11.0. The van der Waals surface area contributed by atoms with E-state index >= 15 is 0 Å². The van der Waals surface area contributed by atoms with Gasteiger partial charge in [0, 0.05) is 34.4 Å². The molecule has 0 fully saturated rings. The van der Waals surface area contributed by atoms with Crippen molar-refractivity contribution in [2.75, 3.05) is 6.54 Å². The van der Waals surface area contributed by atoms with Crippen LogP contribution in [-0.4, -0.2) is 28.4 Å². The van der Waals surface area contributed by atoms with Crippen molar-refractivity contribution in [1.29, 1.82) is 0 Å². The molecule has 0 amide bonds. The summed E-state index contributed by atoms with van der Waals surface area (Å²) in [7, 11) is -7.73. The zero-order valence-electron chi connectivity index (χ0n) is 15.6. The number of aromatic amines is 1. The average Bonchev–Trinajstić information content (AvgIpc) is 3.38. The molecule has 30 heavy (non-hydrogen) atoms. The fraction of sp³-hybridized carbons (Fsp3) is 0.100. The van der Waals surface area contributed by atoms with Crippen LogP contribution in [0.1, 0.15) is 16.4 Å². The van der Waals surface area contributed by atoms with E-state index in [2.05, 4.69) is 9.71 Å². The first-order chi connectivity index (χ1) is 14.3. The van der Waals surface area contributed by atoms with Crippen molar-refractivity contribution >= 4 is 42.3 Å². The molecule has 0 saturated heterocycles. The molecule has 4 rings (SSSR count).